The van der Waals surface area contributed by atoms with Gasteiger partial charge in [0.05, 0.1) is 31.9 Å². The summed E-state index contributed by atoms with van der Waals surface area (Å²) >= 11 is 8.34. The largest absolute Gasteiger partial charge is 0.496 e. The molecule has 1 fully saturated rings. The minimum atomic E-state index is -0.162. The van der Waals surface area contributed by atoms with Crippen LogP contribution in [0.2, 0.25) is 0 Å². The molecule has 0 unspecified atom stereocenters. The van der Waals surface area contributed by atoms with Gasteiger partial charge in [0.1, 0.15) is 5.75 Å². The Morgan fingerprint density at radius 1 is 1.04 bits per heavy atom. The van der Waals surface area contributed by atoms with Gasteiger partial charge in [-0.25, -0.2) is 0 Å². The van der Waals surface area contributed by atoms with Crippen molar-refractivity contribution in [1.29, 1.82) is 0 Å². The number of thioether (sulfide) groups is 2. The predicted octanol–water partition coefficient (Wildman–Crippen LogP) is 4.84. The molecule has 0 radical (unpaired) electrons. The standard InChI is InChI=1S/C20H19NO4S3/c1-23-15-11-17(25-3)16(24-2)8-12(15)9-18-19(22)21(20(26)28-18)13-6-5-7-14(10-13)27-4/h5-11H,1-4H3/b18-9+. The zero-order valence-corrected chi connectivity index (χ0v) is 18.3. The van der Waals surface area contributed by atoms with Gasteiger partial charge in [0.25, 0.3) is 5.91 Å². The van der Waals surface area contributed by atoms with Gasteiger partial charge in [-0.05, 0) is 36.6 Å². The van der Waals surface area contributed by atoms with Crippen molar-refractivity contribution in [2.45, 2.75) is 4.90 Å². The van der Waals surface area contributed by atoms with Gasteiger partial charge in [0.15, 0.2) is 15.8 Å². The fourth-order valence-corrected chi connectivity index (χ4v) is 4.49. The SMILES string of the molecule is COc1cc(OC)c(OC)cc1/C=C1/SC(=S)N(c2cccc(SC)c2)C1=O. The van der Waals surface area contributed by atoms with E-state index in [0.29, 0.717) is 32.0 Å². The third kappa shape index (κ3) is 3.99. The van der Waals surface area contributed by atoms with Gasteiger partial charge in [-0.3, -0.25) is 9.69 Å². The van der Waals surface area contributed by atoms with Gasteiger partial charge in [-0.2, -0.15) is 0 Å². The fraction of sp³-hybridized carbons (Fsp3) is 0.200. The molecule has 0 N–H and O–H groups in total. The molecule has 0 atom stereocenters. The van der Waals surface area contributed by atoms with Crippen LogP contribution >= 0.6 is 35.7 Å². The molecule has 146 valence electrons. The summed E-state index contributed by atoms with van der Waals surface area (Å²) in [5, 5.41) is 0. The van der Waals surface area contributed by atoms with E-state index < -0.39 is 0 Å². The van der Waals surface area contributed by atoms with Crippen molar-refractivity contribution in [2.24, 2.45) is 0 Å². The quantitative estimate of drug-likeness (QED) is 0.367. The van der Waals surface area contributed by atoms with Crippen LogP contribution in [-0.2, 0) is 4.79 Å². The Morgan fingerprint density at radius 3 is 2.36 bits per heavy atom. The van der Waals surface area contributed by atoms with E-state index >= 15 is 0 Å². The maximum atomic E-state index is 13.0. The second-order valence-corrected chi connectivity index (χ2v) is 8.22. The Morgan fingerprint density at radius 2 is 1.71 bits per heavy atom. The summed E-state index contributed by atoms with van der Waals surface area (Å²) in [6.07, 6.45) is 3.76. The monoisotopic (exact) mass is 433 g/mol. The summed E-state index contributed by atoms with van der Waals surface area (Å²) in [5.41, 5.74) is 1.47. The number of thiocarbonyl (C=S) groups is 1. The van der Waals surface area contributed by atoms with Gasteiger partial charge in [0, 0.05) is 16.5 Å². The van der Waals surface area contributed by atoms with E-state index in [0.717, 1.165) is 10.6 Å². The van der Waals surface area contributed by atoms with Gasteiger partial charge in [-0.1, -0.05) is 30.0 Å². The molecule has 3 rings (SSSR count). The number of rotatable bonds is 6. The Labute approximate surface area is 178 Å². The minimum absolute atomic E-state index is 0.162. The number of benzene rings is 2. The summed E-state index contributed by atoms with van der Waals surface area (Å²) in [4.78, 5) is 16.2. The first-order valence-corrected chi connectivity index (χ1v) is 10.7. The highest BCUT2D eigenvalue weighted by molar-refractivity contribution is 8.27. The number of hydrogen-bond acceptors (Lipinski definition) is 7. The van der Waals surface area contributed by atoms with Crippen LogP contribution in [0.3, 0.4) is 0 Å². The second kappa shape index (κ2) is 8.89. The molecule has 28 heavy (non-hydrogen) atoms. The van der Waals surface area contributed by atoms with Gasteiger partial charge in [-0.15, -0.1) is 11.8 Å². The van der Waals surface area contributed by atoms with Crippen LogP contribution in [0.4, 0.5) is 5.69 Å². The summed E-state index contributed by atoms with van der Waals surface area (Å²) in [6.45, 7) is 0. The maximum absolute atomic E-state index is 13.0. The molecule has 1 heterocycles. The van der Waals surface area contributed by atoms with E-state index in [1.807, 2.05) is 30.5 Å². The molecule has 0 spiro atoms. The summed E-state index contributed by atoms with van der Waals surface area (Å²) in [6, 6.07) is 11.3. The Kier molecular flexibility index (Phi) is 6.53. The van der Waals surface area contributed by atoms with Crippen molar-refractivity contribution < 1.29 is 19.0 Å². The predicted molar refractivity (Wildman–Crippen MR) is 120 cm³/mol. The molecule has 2 aromatic carbocycles. The highest BCUT2D eigenvalue weighted by atomic mass is 32.2. The zero-order valence-electron chi connectivity index (χ0n) is 15.8. The first kappa shape index (κ1) is 20.6. The van der Waals surface area contributed by atoms with Crippen molar-refractivity contribution in [3.63, 3.8) is 0 Å². The molecule has 1 amide bonds. The third-order valence-electron chi connectivity index (χ3n) is 4.13. The normalized spacial score (nSPS) is 15.3. The van der Waals surface area contributed by atoms with Crippen LogP contribution in [0.1, 0.15) is 5.56 Å². The van der Waals surface area contributed by atoms with Crippen LogP contribution in [-0.4, -0.2) is 37.8 Å². The summed E-state index contributed by atoms with van der Waals surface area (Å²) in [7, 11) is 4.69. The number of methoxy groups -OCH3 is 3. The second-order valence-electron chi connectivity index (χ2n) is 5.67. The van der Waals surface area contributed by atoms with Gasteiger partial charge < -0.3 is 14.2 Å². The van der Waals surface area contributed by atoms with E-state index in [1.54, 1.807) is 56.2 Å². The van der Waals surface area contributed by atoms with E-state index in [2.05, 4.69) is 0 Å². The molecular weight excluding hydrogens is 414 g/mol. The average molecular weight is 434 g/mol. The average Bonchev–Trinajstić information content (AvgIpc) is 3.00. The molecular formula is C20H19NO4S3. The number of hydrogen-bond donors (Lipinski definition) is 0. The molecule has 0 saturated carbocycles. The van der Waals surface area contributed by atoms with E-state index in [9.17, 15) is 4.79 Å². The molecule has 1 aliphatic heterocycles. The number of nitrogens with zero attached hydrogens (tertiary/aromatic N) is 1. The van der Waals surface area contributed by atoms with Crippen LogP contribution in [0.5, 0.6) is 17.2 Å². The molecule has 0 aromatic heterocycles. The van der Waals surface area contributed by atoms with E-state index in [-0.39, 0.29) is 5.91 Å². The Balaban J connectivity index is 2.00. The van der Waals surface area contributed by atoms with Crippen LogP contribution in [0.25, 0.3) is 6.08 Å². The number of amides is 1. The Bertz CT molecular complexity index is 958. The number of anilines is 1. The van der Waals surface area contributed by atoms with Gasteiger partial charge in [0.2, 0.25) is 0 Å². The minimum Gasteiger partial charge on any atom is -0.496 e. The molecule has 1 saturated heterocycles. The Hall–Kier alpha value is -2.16. The smallest absolute Gasteiger partial charge is 0.270 e. The molecule has 0 bridgehead atoms. The van der Waals surface area contributed by atoms with Gasteiger partial charge >= 0.3 is 0 Å². The van der Waals surface area contributed by atoms with Crippen molar-refractivity contribution in [1.82, 2.24) is 0 Å². The number of ether oxygens (including phenoxy) is 3. The van der Waals surface area contributed by atoms with Crippen LogP contribution in [0, 0.1) is 0 Å². The van der Waals surface area contributed by atoms with Crippen LogP contribution in [0.15, 0.2) is 46.2 Å². The molecule has 2 aromatic rings. The lowest BCUT2D eigenvalue weighted by Crippen LogP contribution is -2.27. The first-order chi connectivity index (χ1) is 13.5. The van der Waals surface area contributed by atoms with Crippen LogP contribution < -0.4 is 19.1 Å². The van der Waals surface area contributed by atoms with Crippen molar-refractivity contribution in [3.8, 4) is 17.2 Å². The van der Waals surface area contributed by atoms with E-state index in [1.165, 1.54) is 11.8 Å². The number of carbonyl (C=O) groups excluding carboxylic acids is 1. The topological polar surface area (TPSA) is 48.0 Å². The van der Waals surface area contributed by atoms with Crippen molar-refractivity contribution in [2.75, 3.05) is 32.5 Å². The molecule has 0 aliphatic carbocycles. The lowest BCUT2D eigenvalue weighted by atomic mass is 10.1. The van der Waals surface area contributed by atoms with Crippen molar-refractivity contribution >= 4 is 57.7 Å². The molecule has 8 heteroatoms. The lowest BCUT2D eigenvalue weighted by Gasteiger charge is -2.15. The highest BCUT2D eigenvalue weighted by Crippen LogP contribution is 2.40. The summed E-state index contributed by atoms with van der Waals surface area (Å²) < 4.78 is 16.6. The number of carbonyl (C=O) groups is 1. The lowest BCUT2D eigenvalue weighted by molar-refractivity contribution is -0.113. The third-order valence-corrected chi connectivity index (χ3v) is 6.16. The van der Waals surface area contributed by atoms with E-state index in [4.69, 9.17) is 26.4 Å². The fourth-order valence-electron chi connectivity index (χ4n) is 2.75. The molecule has 5 nitrogen and oxygen atoms in total. The zero-order chi connectivity index (χ0) is 20.3. The van der Waals surface area contributed by atoms with Crippen molar-refractivity contribution in [3.05, 3.63) is 46.9 Å². The molecule has 1 aliphatic rings. The maximum Gasteiger partial charge on any atom is 0.270 e. The first-order valence-electron chi connectivity index (χ1n) is 8.24. The summed E-state index contributed by atoms with van der Waals surface area (Å²) in [5.74, 6) is 1.52. The highest BCUT2D eigenvalue weighted by Gasteiger charge is 2.33.